The number of non-ortho nitro benzene ring substituents is 1. The number of nitrogens with one attached hydrogen (secondary N) is 1. The van der Waals surface area contributed by atoms with Crippen molar-refractivity contribution in [3.8, 4) is 0 Å². The summed E-state index contributed by atoms with van der Waals surface area (Å²) in [7, 11) is 0. The number of nitrogens with zero attached hydrogens (tertiary/aromatic N) is 1. The molecule has 9 heteroatoms. The number of thiophene rings is 1. The highest BCUT2D eigenvalue weighted by Crippen LogP contribution is 2.35. The molecule has 0 saturated carbocycles. The largest absolute Gasteiger partial charge is 0.481 e. The third kappa shape index (κ3) is 4.07. The van der Waals surface area contributed by atoms with E-state index in [1.807, 2.05) is 12.1 Å². The molecular formula is C18H13ClN2O5S. The Morgan fingerprint density at radius 2 is 1.96 bits per heavy atom. The number of nitro benzene ring substituents is 1. The van der Waals surface area contributed by atoms with Gasteiger partial charge in [-0.3, -0.25) is 19.7 Å². The second-order valence-corrected chi connectivity index (χ2v) is 7.15. The summed E-state index contributed by atoms with van der Waals surface area (Å²) in [6, 6.07) is 11.8. The van der Waals surface area contributed by atoms with Gasteiger partial charge in [0.05, 0.1) is 22.4 Å². The smallest absolute Gasteiger partial charge is 0.305 e. The lowest BCUT2D eigenvalue weighted by atomic mass is 10.0. The molecule has 0 fully saturated rings. The van der Waals surface area contributed by atoms with Crippen molar-refractivity contribution in [1.82, 2.24) is 5.32 Å². The van der Waals surface area contributed by atoms with Crippen LogP contribution in [0.15, 0.2) is 48.5 Å². The van der Waals surface area contributed by atoms with Gasteiger partial charge in [0.25, 0.3) is 11.6 Å². The zero-order valence-corrected chi connectivity index (χ0v) is 15.3. The zero-order valence-electron chi connectivity index (χ0n) is 13.7. The molecule has 0 aliphatic rings. The predicted molar refractivity (Wildman–Crippen MR) is 102 cm³/mol. The van der Waals surface area contributed by atoms with Crippen molar-refractivity contribution in [1.29, 1.82) is 0 Å². The summed E-state index contributed by atoms with van der Waals surface area (Å²) in [6.45, 7) is 0. The van der Waals surface area contributed by atoms with Crippen molar-refractivity contribution in [2.75, 3.05) is 0 Å². The number of hydrogen-bond donors (Lipinski definition) is 2. The van der Waals surface area contributed by atoms with E-state index in [2.05, 4.69) is 5.32 Å². The van der Waals surface area contributed by atoms with Crippen molar-refractivity contribution in [3.63, 3.8) is 0 Å². The molecule has 2 aromatic carbocycles. The van der Waals surface area contributed by atoms with Gasteiger partial charge in [0, 0.05) is 22.2 Å². The normalized spacial score (nSPS) is 11.9. The molecule has 1 atom stereocenters. The highest BCUT2D eigenvalue weighted by atomic mass is 35.5. The van der Waals surface area contributed by atoms with E-state index in [9.17, 15) is 19.7 Å². The van der Waals surface area contributed by atoms with E-state index in [4.69, 9.17) is 16.7 Å². The number of halogens is 1. The lowest BCUT2D eigenvalue weighted by molar-refractivity contribution is -0.384. The van der Waals surface area contributed by atoms with Gasteiger partial charge < -0.3 is 10.4 Å². The highest BCUT2D eigenvalue weighted by molar-refractivity contribution is 7.21. The fourth-order valence-electron chi connectivity index (χ4n) is 2.67. The summed E-state index contributed by atoms with van der Waals surface area (Å²) >= 11 is 7.49. The van der Waals surface area contributed by atoms with Crippen molar-refractivity contribution in [2.24, 2.45) is 0 Å². The fraction of sp³-hybridized carbons (Fsp3) is 0.111. The van der Waals surface area contributed by atoms with Crippen LogP contribution in [-0.2, 0) is 4.79 Å². The number of carbonyl (C=O) groups excluding carboxylic acids is 1. The molecule has 1 amide bonds. The maximum absolute atomic E-state index is 12.7. The summed E-state index contributed by atoms with van der Waals surface area (Å²) < 4.78 is 0.831. The molecule has 0 spiro atoms. The Morgan fingerprint density at radius 3 is 2.63 bits per heavy atom. The van der Waals surface area contributed by atoms with Gasteiger partial charge in [-0.1, -0.05) is 41.9 Å². The molecule has 0 saturated heterocycles. The molecule has 27 heavy (non-hydrogen) atoms. The van der Waals surface area contributed by atoms with Crippen LogP contribution in [0.3, 0.4) is 0 Å². The lowest BCUT2D eigenvalue weighted by Crippen LogP contribution is -2.29. The Bertz CT molecular complexity index is 1050. The van der Waals surface area contributed by atoms with E-state index < -0.39 is 29.3 Å². The van der Waals surface area contributed by atoms with Crippen LogP contribution in [0.2, 0.25) is 5.02 Å². The van der Waals surface area contributed by atoms with E-state index in [-0.39, 0.29) is 10.6 Å². The maximum Gasteiger partial charge on any atom is 0.305 e. The number of carbonyl (C=O) groups is 2. The van der Waals surface area contributed by atoms with E-state index in [0.29, 0.717) is 10.6 Å². The van der Waals surface area contributed by atoms with Crippen molar-refractivity contribution >= 4 is 50.6 Å². The molecule has 0 unspecified atom stereocenters. The zero-order chi connectivity index (χ0) is 19.6. The number of rotatable bonds is 6. The quantitative estimate of drug-likeness (QED) is 0.467. The maximum atomic E-state index is 12.7. The number of benzene rings is 2. The van der Waals surface area contributed by atoms with Crippen molar-refractivity contribution in [3.05, 3.63) is 74.1 Å². The number of amides is 1. The Balaban J connectivity index is 1.93. The van der Waals surface area contributed by atoms with Gasteiger partial charge in [0.2, 0.25) is 0 Å². The minimum absolute atomic E-state index is 0.183. The van der Waals surface area contributed by atoms with E-state index in [1.54, 1.807) is 12.1 Å². The number of nitro groups is 1. The first-order valence-corrected chi connectivity index (χ1v) is 9.00. The van der Waals surface area contributed by atoms with Gasteiger partial charge in [-0.15, -0.1) is 11.3 Å². The molecule has 3 rings (SSSR count). The molecule has 138 valence electrons. The first kappa shape index (κ1) is 18.8. The van der Waals surface area contributed by atoms with Gasteiger partial charge in [0.1, 0.15) is 4.88 Å². The van der Waals surface area contributed by atoms with E-state index >= 15 is 0 Å². The molecule has 1 aromatic heterocycles. The molecule has 1 heterocycles. The Morgan fingerprint density at radius 1 is 1.22 bits per heavy atom. The minimum Gasteiger partial charge on any atom is -0.481 e. The predicted octanol–water partition coefficient (Wildman–Crippen LogP) is 4.41. The fourth-order valence-corrected chi connectivity index (χ4v) is 4.09. The average molecular weight is 405 g/mol. The third-order valence-corrected chi connectivity index (χ3v) is 5.58. The lowest BCUT2D eigenvalue weighted by Gasteiger charge is -2.17. The van der Waals surface area contributed by atoms with Crippen molar-refractivity contribution < 1.29 is 19.6 Å². The van der Waals surface area contributed by atoms with Crippen LogP contribution >= 0.6 is 22.9 Å². The molecular weight excluding hydrogens is 392 g/mol. The minimum atomic E-state index is -1.14. The summed E-state index contributed by atoms with van der Waals surface area (Å²) in [5.74, 6) is -1.67. The second kappa shape index (κ2) is 7.73. The van der Waals surface area contributed by atoms with Gasteiger partial charge >= 0.3 is 5.97 Å². The topological polar surface area (TPSA) is 110 Å². The van der Waals surface area contributed by atoms with Crippen LogP contribution < -0.4 is 5.32 Å². The number of aliphatic carboxylic acids is 1. The van der Waals surface area contributed by atoms with Gasteiger partial charge in [-0.25, -0.2) is 0 Å². The third-order valence-electron chi connectivity index (χ3n) is 3.91. The number of carboxylic acid groups (broad SMARTS) is 1. The molecule has 0 aliphatic carbocycles. The van der Waals surface area contributed by atoms with Gasteiger partial charge in [0.15, 0.2) is 0 Å². The van der Waals surface area contributed by atoms with Crippen LogP contribution in [0.4, 0.5) is 5.69 Å². The molecule has 7 nitrogen and oxygen atoms in total. The van der Waals surface area contributed by atoms with Crippen LogP contribution in [0.25, 0.3) is 10.1 Å². The first-order chi connectivity index (χ1) is 12.9. The summed E-state index contributed by atoms with van der Waals surface area (Å²) in [5, 5.41) is 23.8. The summed E-state index contributed by atoms with van der Waals surface area (Å²) in [4.78, 5) is 34.6. The van der Waals surface area contributed by atoms with Crippen LogP contribution in [0, 0.1) is 10.1 Å². The molecule has 0 radical (unpaired) electrons. The second-order valence-electron chi connectivity index (χ2n) is 5.72. The summed E-state index contributed by atoms with van der Waals surface area (Å²) in [6.07, 6.45) is -0.421. The molecule has 0 bridgehead atoms. The molecule has 3 aromatic rings. The van der Waals surface area contributed by atoms with Crippen molar-refractivity contribution in [2.45, 2.75) is 12.5 Å². The van der Waals surface area contributed by atoms with Gasteiger partial charge in [-0.05, 0) is 11.6 Å². The van der Waals surface area contributed by atoms with E-state index in [1.165, 1.54) is 35.6 Å². The van der Waals surface area contributed by atoms with Crippen LogP contribution in [0.5, 0.6) is 0 Å². The standard InChI is InChI=1S/C18H13ClN2O5S/c19-16-12-6-1-2-7-14(12)27-17(16)18(24)20-13(9-15(22)23)10-4-3-5-11(8-10)21(25)26/h1-8,13H,9H2,(H,20,24)(H,22,23)/t13-/m1/s1. The number of carboxylic acids is 1. The Hall–Kier alpha value is -2.97. The summed E-state index contributed by atoms with van der Waals surface area (Å²) in [5.41, 5.74) is 0.147. The van der Waals surface area contributed by atoms with Crippen LogP contribution in [-0.4, -0.2) is 21.9 Å². The van der Waals surface area contributed by atoms with Crippen LogP contribution in [0.1, 0.15) is 27.7 Å². The monoisotopic (exact) mass is 404 g/mol. The van der Waals surface area contributed by atoms with E-state index in [0.717, 1.165) is 10.1 Å². The Labute approximate surface area is 162 Å². The average Bonchev–Trinajstić information content (AvgIpc) is 2.98. The Kier molecular flexibility index (Phi) is 5.38. The SMILES string of the molecule is O=C(O)C[C@@H](NC(=O)c1sc2ccccc2c1Cl)c1cccc([N+](=O)[O-])c1. The highest BCUT2D eigenvalue weighted by Gasteiger charge is 2.24. The molecule has 2 N–H and O–H groups in total. The number of hydrogen-bond acceptors (Lipinski definition) is 5. The first-order valence-electron chi connectivity index (χ1n) is 7.81. The number of fused-ring (bicyclic) bond motifs is 1. The molecule has 0 aliphatic heterocycles. The van der Waals surface area contributed by atoms with Gasteiger partial charge in [-0.2, -0.15) is 0 Å².